The molecule has 2 aromatic heterocycles. The fraction of sp³-hybridized carbons (Fsp3) is 0.312. The van der Waals surface area contributed by atoms with Crippen LogP contribution in [0, 0.1) is 12.7 Å². The molecule has 0 saturated carbocycles. The number of fused-ring (bicyclic) bond motifs is 1. The summed E-state index contributed by atoms with van der Waals surface area (Å²) in [5, 5.41) is 8.74. The minimum Gasteiger partial charge on any atom is -0.367 e. The summed E-state index contributed by atoms with van der Waals surface area (Å²) in [7, 11) is 0. The number of nitrogens with one attached hydrogen (secondary N) is 1. The van der Waals surface area contributed by atoms with Gasteiger partial charge in [0.2, 0.25) is 0 Å². The number of aryl methyl sites for hydroxylation is 1. The third kappa shape index (κ3) is 2.52. The summed E-state index contributed by atoms with van der Waals surface area (Å²) in [6.07, 6.45) is 2.49. The van der Waals surface area contributed by atoms with Crippen molar-refractivity contribution in [3.63, 3.8) is 0 Å². The lowest BCUT2D eigenvalue weighted by atomic mass is 10.2. The molecule has 3 rings (SSSR count). The summed E-state index contributed by atoms with van der Waals surface area (Å²) in [6.45, 7) is 6.11. The molecular weight excluding hydrogens is 281 g/mol. The van der Waals surface area contributed by atoms with Crippen molar-refractivity contribution in [1.29, 1.82) is 0 Å². The van der Waals surface area contributed by atoms with Gasteiger partial charge in [-0.25, -0.2) is 19.0 Å². The zero-order chi connectivity index (χ0) is 15.7. The van der Waals surface area contributed by atoms with Crippen LogP contribution in [-0.4, -0.2) is 25.8 Å². The first-order chi connectivity index (χ1) is 10.6. The summed E-state index contributed by atoms with van der Waals surface area (Å²) in [6, 6.07) is 6.61. The summed E-state index contributed by atoms with van der Waals surface area (Å²) in [4.78, 5) is 8.66. The SMILES string of the molecule is CCC(C)Nc1ncnc2c1c(C)nn2-c1cccc(F)c1. The van der Waals surface area contributed by atoms with Crippen LogP contribution >= 0.6 is 0 Å². The molecule has 22 heavy (non-hydrogen) atoms. The molecule has 114 valence electrons. The fourth-order valence-electron chi connectivity index (χ4n) is 2.35. The first-order valence-electron chi connectivity index (χ1n) is 7.33. The average Bonchev–Trinajstić information content (AvgIpc) is 2.85. The quantitative estimate of drug-likeness (QED) is 0.801. The van der Waals surface area contributed by atoms with E-state index < -0.39 is 0 Å². The third-order valence-electron chi connectivity index (χ3n) is 3.69. The molecule has 0 saturated heterocycles. The Morgan fingerprint density at radius 1 is 1.32 bits per heavy atom. The predicted octanol–water partition coefficient (Wildman–Crippen LogP) is 3.47. The van der Waals surface area contributed by atoms with Crippen molar-refractivity contribution in [2.24, 2.45) is 0 Å². The summed E-state index contributed by atoms with van der Waals surface area (Å²) < 4.78 is 15.1. The molecule has 0 aliphatic rings. The van der Waals surface area contributed by atoms with Crippen molar-refractivity contribution < 1.29 is 4.39 Å². The second kappa shape index (κ2) is 5.71. The fourth-order valence-corrected chi connectivity index (χ4v) is 2.35. The number of anilines is 1. The molecule has 0 bridgehead atoms. The molecule has 0 spiro atoms. The van der Waals surface area contributed by atoms with E-state index in [-0.39, 0.29) is 5.82 Å². The zero-order valence-electron chi connectivity index (χ0n) is 12.8. The molecule has 0 fully saturated rings. The number of benzene rings is 1. The largest absolute Gasteiger partial charge is 0.367 e. The van der Waals surface area contributed by atoms with Crippen LogP contribution in [0.5, 0.6) is 0 Å². The van der Waals surface area contributed by atoms with Gasteiger partial charge in [0.05, 0.1) is 16.8 Å². The zero-order valence-corrected chi connectivity index (χ0v) is 12.8. The topological polar surface area (TPSA) is 55.6 Å². The molecule has 6 heteroatoms. The average molecular weight is 299 g/mol. The number of nitrogens with zero attached hydrogens (tertiary/aromatic N) is 4. The van der Waals surface area contributed by atoms with E-state index in [2.05, 4.69) is 34.2 Å². The Bertz CT molecular complexity index is 811. The number of halogens is 1. The number of hydrogen-bond donors (Lipinski definition) is 1. The molecule has 0 amide bonds. The molecule has 0 radical (unpaired) electrons. The Hall–Kier alpha value is -2.50. The number of rotatable bonds is 4. The Morgan fingerprint density at radius 2 is 2.14 bits per heavy atom. The summed E-state index contributed by atoms with van der Waals surface area (Å²) in [5.74, 6) is 0.463. The summed E-state index contributed by atoms with van der Waals surface area (Å²) >= 11 is 0. The Labute approximate surface area is 128 Å². The van der Waals surface area contributed by atoms with Crippen molar-refractivity contribution in [1.82, 2.24) is 19.7 Å². The van der Waals surface area contributed by atoms with Crippen LogP contribution in [0.25, 0.3) is 16.7 Å². The van der Waals surface area contributed by atoms with Gasteiger partial charge in [0.15, 0.2) is 5.65 Å². The summed E-state index contributed by atoms with van der Waals surface area (Å²) in [5.41, 5.74) is 2.13. The van der Waals surface area contributed by atoms with Gasteiger partial charge in [-0.2, -0.15) is 5.10 Å². The van der Waals surface area contributed by atoms with Gasteiger partial charge in [-0.05, 0) is 38.5 Å². The first-order valence-corrected chi connectivity index (χ1v) is 7.33. The van der Waals surface area contributed by atoms with Crippen molar-refractivity contribution >= 4 is 16.9 Å². The lowest BCUT2D eigenvalue weighted by molar-refractivity contribution is 0.625. The monoisotopic (exact) mass is 299 g/mol. The Balaban J connectivity index is 2.17. The van der Waals surface area contributed by atoms with Crippen LogP contribution in [0.4, 0.5) is 10.2 Å². The second-order valence-electron chi connectivity index (χ2n) is 5.35. The van der Waals surface area contributed by atoms with Gasteiger partial charge in [0.25, 0.3) is 0 Å². The van der Waals surface area contributed by atoms with E-state index in [1.807, 2.05) is 6.92 Å². The maximum Gasteiger partial charge on any atom is 0.168 e. The second-order valence-corrected chi connectivity index (χ2v) is 5.35. The molecule has 2 heterocycles. The van der Waals surface area contributed by atoms with Crippen LogP contribution < -0.4 is 5.32 Å². The molecule has 0 aliphatic heterocycles. The minimum absolute atomic E-state index is 0.300. The highest BCUT2D eigenvalue weighted by atomic mass is 19.1. The minimum atomic E-state index is -0.300. The van der Waals surface area contributed by atoms with Crippen molar-refractivity contribution in [2.45, 2.75) is 33.2 Å². The maximum atomic E-state index is 13.5. The van der Waals surface area contributed by atoms with Gasteiger partial charge >= 0.3 is 0 Å². The lowest BCUT2D eigenvalue weighted by Gasteiger charge is -2.12. The molecule has 1 unspecified atom stereocenters. The van der Waals surface area contributed by atoms with Crippen LogP contribution in [0.1, 0.15) is 26.0 Å². The molecular formula is C16H18FN5. The van der Waals surface area contributed by atoms with E-state index in [9.17, 15) is 4.39 Å². The highest BCUT2D eigenvalue weighted by Gasteiger charge is 2.16. The lowest BCUT2D eigenvalue weighted by Crippen LogP contribution is -2.15. The molecule has 5 nitrogen and oxygen atoms in total. The van der Waals surface area contributed by atoms with Crippen LogP contribution in [0.15, 0.2) is 30.6 Å². The van der Waals surface area contributed by atoms with E-state index in [0.29, 0.717) is 17.4 Å². The highest BCUT2D eigenvalue weighted by molar-refractivity contribution is 5.90. The first kappa shape index (κ1) is 14.4. The van der Waals surface area contributed by atoms with Gasteiger partial charge < -0.3 is 5.32 Å². The van der Waals surface area contributed by atoms with Gasteiger partial charge in [0.1, 0.15) is 18.0 Å². The molecule has 1 atom stereocenters. The van der Waals surface area contributed by atoms with E-state index in [4.69, 9.17) is 0 Å². The molecule has 3 aromatic rings. The van der Waals surface area contributed by atoms with Crippen LogP contribution in [0.3, 0.4) is 0 Å². The van der Waals surface area contributed by atoms with Gasteiger partial charge in [-0.3, -0.25) is 0 Å². The molecule has 1 aromatic carbocycles. The smallest absolute Gasteiger partial charge is 0.168 e. The van der Waals surface area contributed by atoms with Crippen molar-refractivity contribution in [3.8, 4) is 5.69 Å². The van der Waals surface area contributed by atoms with Gasteiger partial charge in [-0.15, -0.1) is 0 Å². The highest BCUT2D eigenvalue weighted by Crippen LogP contribution is 2.26. The van der Waals surface area contributed by atoms with Crippen molar-refractivity contribution in [3.05, 3.63) is 42.1 Å². The van der Waals surface area contributed by atoms with E-state index in [1.165, 1.54) is 18.5 Å². The van der Waals surface area contributed by atoms with Crippen molar-refractivity contribution in [2.75, 3.05) is 5.32 Å². The Kier molecular flexibility index (Phi) is 3.75. The molecule has 1 N–H and O–H groups in total. The third-order valence-corrected chi connectivity index (χ3v) is 3.69. The van der Waals surface area contributed by atoms with Gasteiger partial charge in [-0.1, -0.05) is 13.0 Å². The normalized spacial score (nSPS) is 12.5. The van der Waals surface area contributed by atoms with E-state index >= 15 is 0 Å². The Morgan fingerprint density at radius 3 is 2.86 bits per heavy atom. The van der Waals surface area contributed by atoms with Crippen LogP contribution in [-0.2, 0) is 0 Å². The van der Waals surface area contributed by atoms with Gasteiger partial charge in [0, 0.05) is 6.04 Å². The van der Waals surface area contributed by atoms with Crippen LogP contribution in [0.2, 0.25) is 0 Å². The maximum absolute atomic E-state index is 13.5. The molecule has 0 aliphatic carbocycles. The predicted molar refractivity (Wildman–Crippen MR) is 84.7 cm³/mol. The number of hydrogen-bond acceptors (Lipinski definition) is 4. The number of aromatic nitrogens is 4. The standard InChI is InChI=1S/C16H18FN5/c1-4-10(2)20-15-14-11(3)21-22(16(14)19-9-18-15)13-7-5-6-12(17)8-13/h5-10H,4H2,1-3H3,(H,18,19,20). The van der Waals surface area contributed by atoms with E-state index in [0.717, 1.165) is 23.3 Å². The van der Waals surface area contributed by atoms with E-state index in [1.54, 1.807) is 16.8 Å².